The molecule has 3 unspecified atom stereocenters. The van der Waals surface area contributed by atoms with Crippen LogP contribution in [0.15, 0.2) is 11.2 Å². The summed E-state index contributed by atoms with van der Waals surface area (Å²) < 4.78 is 28.4. The Labute approximate surface area is 154 Å². The summed E-state index contributed by atoms with van der Waals surface area (Å²) in [6.45, 7) is 3.27. The van der Waals surface area contributed by atoms with Crippen molar-refractivity contribution >= 4 is 28.3 Å². The number of carbonyl (C=O) groups is 1. The van der Waals surface area contributed by atoms with Crippen LogP contribution in [0.5, 0.6) is 0 Å². The minimum absolute atomic E-state index is 0. The van der Waals surface area contributed by atoms with E-state index in [9.17, 15) is 13.2 Å². The molecule has 8 nitrogen and oxygen atoms in total. The van der Waals surface area contributed by atoms with Crippen LogP contribution >= 0.6 is 12.4 Å². The number of fused-ring (bicyclic) bond motifs is 1. The van der Waals surface area contributed by atoms with Crippen LogP contribution in [0.25, 0.3) is 0 Å². The third kappa shape index (κ3) is 4.16. The second kappa shape index (κ2) is 7.61. The summed E-state index contributed by atoms with van der Waals surface area (Å²) >= 11 is 0. The van der Waals surface area contributed by atoms with E-state index < -0.39 is 10.0 Å². The summed E-state index contributed by atoms with van der Waals surface area (Å²) in [5.74, 6) is 1.52. The van der Waals surface area contributed by atoms with E-state index in [1.54, 1.807) is 18.5 Å². The number of nitrogens with two attached hydrogens (primary N) is 1. The Morgan fingerprint density at radius 2 is 2.12 bits per heavy atom. The predicted molar refractivity (Wildman–Crippen MR) is 95.8 cm³/mol. The highest BCUT2D eigenvalue weighted by molar-refractivity contribution is 7.89. The van der Waals surface area contributed by atoms with Gasteiger partial charge in [-0.15, -0.1) is 12.4 Å². The molecular formula is C15H26ClN5O3S. The molecule has 0 bridgehead atoms. The predicted octanol–water partition coefficient (Wildman–Crippen LogP) is 0.0144. The first-order chi connectivity index (χ1) is 11.3. The maximum absolute atomic E-state index is 12.3. The SMILES string of the molecule is Cc1nc(S(=O)(=O)NCCC(=O)N2CC3CCC(N)C3C2)cn1C.Cl. The van der Waals surface area contributed by atoms with Crippen molar-refractivity contribution in [2.45, 2.75) is 37.3 Å². The largest absolute Gasteiger partial charge is 0.342 e. The molecule has 0 radical (unpaired) electrons. The first-order valence-corrected chi connectivity index (χ1v) is 9.79. The van der Waals surface area contributed by atoms with E-state index >= 15 is 0 Å². The second-order valence-corrected chi connectivity index (χ2v) is 8.56. The van der Waals surface area contributed by atoms with Crippen molar-refractivity contribution in [3.63, 3.8) is 0 Å². The number of hydrogen-bond acceptors (Lipinski definition) is 5. The van der Waals surface area contributed by atoms with Gasteiger partial charge < -0.3 is 15.2 Å². The molecule has 1 aliphatic heterocycles. The Kier molecular flexibility index (Phi) is 6.13. The maximum atomic E-state index is 12.3. The van der Waals surface area contributed by atoms with E-state index in [0.29, 0.717) is 24.2 Å². The molecule has 2 aliphatic rings. The van der Waals surface area contributed by atoms with Crippen molar-refractivity contribution in [2.24, 2.45) is 24.6 Å². The zero-order valence-corrected chi connectivity index (χ0v) is 16.1. The summed E-state index contributed by atoms with van der Waals surface area (Å²) in [6.07, 6.45) is 3.74. The standard InChI is InChI=1S/C15H25N5O3S.ClH/c1-10-18-14(9-19(10)2)24(22,23)17-6-5-15(21)20-7-11-3-4-13(16)12(11)8-20;/h9,11-13,17H,3-8,16H2,1-2H3;1H. The Morgan fingerprint density at radius 3 is 2.72 bits per heavy atom. The number of amides is 1. The first kappa shape index (κ1) is 20.2. The molecule has 3 atom stereocenters. The average Bonchev–Trinajstić information content (AvgIpc) is 3.17. The Balaban J connectivity index is 0.00000225. The number of aryl methyl sites for hydroxylation is 2. The van der Waals surface area contributed by atoms with Gasteiger partial charge in [-0.3, -0.25) is 4.79 Å². The highest BCUT2D eigenvalue weighted by atomic mass is 35.5. The minimum Gasteiger partial charge on any atom is -0.342 e. The third-order valence-electron chi connectivity index (χ3n) is 5.26. The van der Waals surface area contributed by atoms with Gasteiger partial charge in [0.1, 0.15) is 5.82 Å². The lowest BCUT2D eigenvalue weighted by Gasteiger charge is -2.18. The lowest BCUT2D eigenvalue weighted by atomic mass is 9.98. The molecule has 25 heavy (non-hydrogen) atoms. The van der Waals surface area contributed by atoms with E-state index in [2.05, 4.69) is 9.71 Å². The zero-order valence-electron chi connectivity index (χ0n) is 14.5. The molecule has 1 aliphatic carbocycles. The van der Waals surface area contributed by atoms with E-state index in [0.717, 1.165) is 19.4 Å². The van der Waals surface area contributed by atoms with Crippen molar-refractivity contribution in [1.29, 1.82) is 0 Å². The van der Waals surface area contributed by atoms with Crippen LogP contribution in [-0.2, 0) is 21.9 Å². The second-order valence-electron chi connectivity index (χ2n) is 6.85. The molecule has 1 saturated carbocycles. The van der Waals surface area contributed by atoms with Crippen LogP contribution in [0.1, 0.15) is 25.1 Å². The topological polar surface area (TPSA) is 110 Å². The van der Waals surface area contributed by atoms with Crippen molar-refractivity contribution < 1.29 is 13.2 Å². The molecule has 1 saturated heterocycles. The number of nitrogens with zero attached hydrogens (tertiary/aromatic N) is 3. The number of nitrogens with one attached hydrogen (secondary N) is 1. The van der Waals surface area contributed by atoms with Gasteiger partial charge in [-0.2, -0.15) is 0 Å². The monoisotopic (exact) mass is 391 g/mol. The van der Waals surface area contributed by atoms with Gasteiger partial charge in [0.05, 0.1) is 0 Å². The fourth-order valence-corrected chi connectivity index (χ4v) is 4.76. The van der Waals surface area contributed by atoms with E-state index in [-0.39, 0.29) is 42.3 Å². The minimum atomic E-state index is -3.68. The van der Waals surface area contributed by atoms with Crippen molar-refractivity contribution in [3.05, 3.63) is 12.0 Å². The third-order valence-corrected chi connectivity index (χ3v) is 6.59. The lowest BCUT2D eigenvalue weighted by Crippen LogP contribution is -2.35. The molecule has 1 aromatic heterocycles. The molecule has 142 valence electrons. The molecule has 0 spiro atoms. The van der Waals surface area contributed by atoms with Gasteiger partial charge in [0.2, 0.25) is 5.91 Å². The fourth-order valence-electron chi connectivity index (χ4n) is 3.69. The number of sulfonamides is 1. The van der Waals surface area contributed by atoms with Gasteiger partial charge in [-0.1, -0.05) is 0 Å². The van der Waals surface area contributed by atoms with Gasteiger partial charge in [-0.25, -0.2) is 18.1 Å². The van der Waals surface area contributed by atoms with Gasteiger partial charge in [0.15, 0.2) is 5.03 Å². The van der Waals surface area contributed by atoms with Crippen LogP contribution in [-0.4, -0.2) is 54.5 Å². The van der Waals surface area contributed by atoms with Crippen LogP contribution in [0.2, 0.25) is 0 Å². The van der Waals surface area contributed by atoms with Crippen LogP contribution in [0, 0.1) is 18.8 Å². The molecular weight excluding hydrogens is 366 g/mol. The highest BCUT2D eigenvalue weighted by Gasteiger charge is 2.42. The lowest BCUT2D eigenvalue weighted by molar-refractivity contribution is -0.130. The molecule has 0 aromatic carbocycles. The Morgan fingerprint density at radius 1 is 1.40 bits per heavy atom. The molecule has 3 N–H and O–H groups in total. The van der Waals surface area contributed by atoms with Crippen LogP contribution in [0.4, 0.5) is 0 Å². The van der Waals surface area contributed by atoms with Gasteiger partial charge in [0, 0.05) is 45.3 Å². The Bertz CT molecular complexity index is 716. The number of hydrogen-bond donors (Lipinski definition) is 2. The molecule has 2 fully saturated rings. The van der Waals surface area contributed by atoms with E-state index in [1.807, 2.05) is 4.90 Å². The van der Waals surface area contributed by atoms with E-state index in [4.69, 9.17) is 5.73 Å². The zero-order chi connectivity index (χ0) is 17.5. The van der Waals surface area contributed by atoms with Gasteiger partial charge in [0.25, 0.3) is 10.0 Å². The maximum Gasteiger partial charge on any atom is 0.259 e. The van der Waals surface area contributed by atoms with Crippen molar-refractivity contribution in [1.82, 2.24) is 19.2 Å². The first-order valence-electron chi connectivity index (χ1n) is 8.31. The summed E-state index contributed by atoms with van der Waals surface area (Å²) in [5, 5.41) is -0.0170. The molecule has 3 rings (SSSR count). The van der Waals surface area contributed by atoms with Gasteiger partial charge >= 0.3 is 0 Å². The van der Waals surface area contributed by atoms with Crippen LogP contribution in [0.3, 0.4) is 0 Å². The smallest absolute Gasteiger partial charge is 0.259 e. The van der Waals surface area contributed by atoms with Crippen molar-refractivity contribution in [3.8, 4) is 0 Å². The summed E-state index contributed by atoms with van der Waals surface area (Å²) in [4.78, 5) is 18.1. The van der Waals surface area contributed by atoms with Crippen LogP contribution < -0.4 is 10.5 Å². The number of likely N-dealkylation sites (tertiary alicyclic amines) is 1. The quantitative estimate of drug-likeness (QED) is 0.734. The molecule has 10 heteroatoms. The van der Waals surface area contributed by atoms with Gasteiger partial charge in [-0.05, 0) is 31.6 Å². The van der Waals surface area contributed by atoms with E-state index in [1.165, 1.54) is 6.20 Å². The molecule has 1 aromatic rings. The highest BCUT2D eigenvalue weighted by Crippen LogP contribution is 2.37. The number of carbonyl (C=O) groups excluding carboxylic acids is 1. The molecule has 1 amide bonds. The number of imidazole rings is 1. The summed E-state index contributed by atoms with van der Waals surface area (Å²) in [7, 11) is -1.94. The number of rotatable bonds is 5. The summed E-state index contributed by atoms with van der Waals surface area (Å²) in [5.41, 5.74) is 6.08. The van der Waals surface area contributed by atoms with Crippen molar-refractivity contribution in [2.75, 3.05) is 19.6 Å². The number of halogens is 1. The average molecular weight is 392 g/mol. The summed E-state index contributed by atoms with van der Waals surface area (Å²) in [6, 6.07) is 0.193. The molecule has 2 heterocycles. The normalized spacial score (nSPS) is 25.7. The number of aromatic nitrogens is 2. The Hall–Kier alpha value is -1.16. The fraction of sp³-hybridized carbons (Fsp3) is 0.733.